The molecule has 2 aromatic rings. The Morgan fingerprint density at radius 2 is 1.93 bits per heavy atom. The standard InChI is InChI=1S/C22H31N7O/c1-27-9-8-24-11-17(27)14-29-15-6-7-16(29)13-28(12-15)20-10-19(25-26-22(20)23)18-4-2-3-5-21(18)30/h2-5,10,15-17,24,30H,6-9,11-14H2,1H3,(H2,23,26)/t15?,16?,17-/m0/s1. The SMILES string of the molecule is CN1CCNC[C@H]1CN1C2CCC1CN(c1cc(-c3ccccc3O)nnc1N)C2. The normalized spacial score (nSPS) is 27.5. The molecule has 0 spiro atoms. The van der Waals surface area contributed by atoms with Gasteiger partial charge in [-0.05, 0) is 38.1 Å². The second-order valence-corrected chi connectivity index (χ2v) is 8.84. The molecule has 3 fully saturated rings. The zero-order chi connectivity index (χ0) is 20.7. The van der Waals surface area contributed by atoms with Gasteiger partial charge in [0.25, 0.3) is 0 Å². The molecule has 0 aliphatic carbocycles. The summed E-state index contributed by atoms with van der Waals surface area (Å²) >= 11 is 0. The first-order valence-corrected chi connectivity index (χ1v) is 10.9. The van der Waals surface area contributed by atoms with Gasteiger partial charge in [-0.15, -0.1) is 10.2 Å². The molecule has 4 heterocycles. The number of fused-ring (bicyclic) bond motifs is 2. The zero-order valence-electron chi connectivity index (χ0n) is 17.5. The van der Waals surface area contributed by atoms with Gasteiger partial charge in [-0.25, -0.2) is 0 Å². The average Bonchev–Trinajstić information content (AvgIpc) is 2.97. The highest BCUT2D eigenvalue weighted by Gasteiger charge is 2.41. The molecule has 1 aromatic heterocycles. The number of likely N-dealkylation sites (N-methyl/N-ethyl adjacent to an activating group) is 1. The predicted molar refractivity (Wildman–Crippen MR) is 119 cm³/mol. The molecule has 1 aromatic carbocycles. The largest absolute Gasteiger partial charge is 0.507 e. The third-order valence-electron chi connectivity index (χ3n) is 7.02. The smallest absolute Gasteiger partial charge is 0.169 e. The van der Waals surface area contributed by atoms with E-state index in [2.05, 4.69) is 37.3 Å². The van der Waals surface area contributed by atoms with E-state index < -0.39 is 0 Å². The minimum absolute atomic E-state index is 0.206. The van der Waals surface area contributed by atoms with Crippen molar-refractivity contribution in [1.82, 2.24) is 25.3 Å². The van der Waals surface area contributed by atoms with E-state index in [4.69, 9.17) is 5.73 Å². The van der Waals surface area contributed by atoms with Gasteiger partial charge in [0.2, 0.25) is 0 Å². The molecule has 4 N–H and O–H groups in total. The maximum absolute atomic E-state index is 10.2. The summed E-state index contributed by atoms with van der Waals surface area (Å²) in [7, 11) is 2.24. The number of rotatable bonds is 4. The van der Waals surface area contributed by atoms with E-state index in [1.165, 1.54) is 12.8 Å². The highest BCUT2D eigenvalue weighted by atomic mass is 16.3. The molecule has 3 aliphatic rings. The van der Waals surface area contributed by atoms with Crippen molar-refractivity contribution in [2.75, 3.05) is 56.9 Å². The Bertz CT molecular complexity index is 893. The van der Waals surface area contributed by atoms with Crippen LogP contribution in [0.5, 0.6) is 5.75 Å². The third-order valence-corrected chi connectivity index (χ3v) is 7.02. The number of anilines is 2. The maximum Gasteiger partial charge on any atom is 0.169 e. The molecule has 0 saturated carbocycles. The molecule has 0 amide bonds. The fraction of sp³-hybridized carbons (Fsp3) is 0.545. The van der Waals surface area contributed by atoms with Crippen molar-refractivity contribution in [2.45, 2.75) is 31.0 Å². The van der Waals surface area contributed by atoms with Gasteiger partial charge in [-0.3, -0.25) is 9.80 Å². The van der Waals surface area contributed by atoms with Crippen LogP contribution in [0.4, 0.5) is 11.5 Å². The molecule has 2 unspecified atom stereocenters. The Morgan fingerprint density at radius 3 is 2.67 bits per heavy atom. The van der Waals surface area contributed by atoms with Crippen molar-refractivity contribution in [2.24, 2.45) is 0 Å². The fourth-order valence-corrected chi connectivity index (χ4v) is 5.26. The lowest BCUT2D eigenvalue weighted by Gasteiger charge is -2.45. The molecule has 30 heavy (non-hydrogen) atoms. The number of phenols is 1. The average molecular weight is 410 g/mol. The monoisotopic (exact) mass is 409 g/mol. The van der Waals surface area contributed by atoms with Gasteiger partial charge in [0.1, 0.15) is 5.75 Å². The Hall–Kier alpha value is -2.42. The van der Waals surface area contributed by atoms with E-state index >= 15 is 0 Å². The number of hydrogen-bond donors (Lipinski definition) is 3. The van der Waals surface area contributed by atoms with Gasteiger partial charge in [-0.1, -0.05) is 12.1 Å². The molecule has 160 valence electrons. The molecule has 8 nitrogen and oxygen atoms in total. The van der Waals surface area contributed by atoms with Crippen LogP contribution >= 0.6 is 0 Å². The number of nitrogens with one attached hydrogen (secondary N) is 1. The first kappa shape index (κ1) is 19.5. The van der Waals surface area contributed by atoms with Crippen LogP contribution in [0.15, 0.2) is 30.3 Å². The van der Waals surface area contributed by atoms with Gasteiger partial charge in [0.15, 0.2) is 5.82 Å². The number of hydrogen-bond acceptors (Lipinski definition) is 8. The summed E-state index contributed by atoms with van der Waals surface area (Å²) in [5.41, 5.74) is 8.51. The number of nitrogens with two attached hydrogens (primary N) is 1. The van der Waals surface area contributed by atoms with E-state index in [0.29, 0.717) is 35.2 Å². The summed E-state index contributed by atoms with van der Waals surface area (Å²) in [6, 6.07) is 10.9. The van der Waals surface area contributed by atoms with Crippen LogP contribution < -0.4 is 16.0 Å². The minimum atomic E-state index is 0.206. The van der Waals surface area contributed by atoms with Gasteiger partial charge in [0, 0.05) is 63.0 Å². The lowest BCUT2D eigenvalue weighted by atomic mass is 10.1. The summed E-state index contributed by atoms with van der Waals surface area (Å²) in [5.74, 6) is 0.663. The lowest BCUT2D eigenvalue weighted by Crippen LogP contribution is -2.60. The van der Waals surface area contributed by atoms with Crippen LogP contribution in [0.1, 0.15) is 12.8 Å². The number of para-hydroxylation sites is 1. The molecule has 3 aliphatic heterocycles. The van der Waals surface area contributed by atoms with Crippen molar-refractivity contribution >= 4 is 11.5 Å². The van der Waals surface area contributed by atoms with Crippen LogP contribution in [-0.2, 0) is 0 Å². The minimum Gasteiger partial charge on any atom is -0.507 e. The molecule has 8 heteroatoms. The number of aromatic nitrogens is 2. The zero-order valence-corrected chi connectivity index (χ0v) is 17.5. The van der Waals surface area contributed by atoms with Gasteiger partial charge in [-0.2, -0.15) is 0 Å². The Kier molecular flexibility index (Phi) is 5.22. The first-order valence-electron chi connectivity index (χ1n) is 10.9. The van der Waals surface area contributed by atoms with Crippen LogP contribution in [0.25, 0.3) is 11.3 Å². The number of nitrogens with zero attached hydrogens (tertiary/aromatic N) is 5. The number of aromatic hydroxyl groups is 1. The van der Waals surface area contributed by atoms with E-state index in [0.717, 1.165) is 45.0 Å². The topological polar surface area (TPSA) is 93.8 Å². The van der Waals surface area contributed by atoms with Crippen molar-refractivity contribution in [1.29, 1.82) is 0 Å². The Morgan fingerprint density at radius 1 is 1.17 bits per heavy atom. The second kappa shape index (κ2) is 8.02. The summed E-state index contributed by atoms with van der Waals surface area (Å²) < 4.78 is 0. The predicted octanol–water partition coefficient (Wildman–Crippen LogP) is 0.988. The fourth-order valence-electron chi connectivity index (χ4n) is 5.26. The highest BCUT2D eigenvalue weighted by molar-refractivity contribution is 5.74. The van der Waals surface area contributed by atoms with E-state index in [1.54, 1.807) is 12.1 Å². The molecule has 5 rings (SSSR count). The van der Waals surface area contributed by atoms with E-state index in [9.17, 15) is 5.11 Å². The van der Waals surface area contributed by atoms with Gasteiger partial charge < -0.3 is 21.1 Å². The summed E-state index contributed by atoms with van der Waals surface area (Å²) in [5, 5.41) is 22.2. The van der Waals surface area contributed by atoms with Crippen LogP contribution in [0.3, 0.4) is 0 Å². The molecule has 0 radical (unpaired) electrons. The number of benzene rings is 1. The number of phenolic OH excluding ortho intramolecular Hbond substituents is 1. The second-order valence-electron chi connectivity index (χ2n) is 8.84. The quantitative estimate of drug-likeness (QED) is 0.688. The van der Waals surface area contributed by atoms with Crippen molar-refractivity contribution in [3.05, 3.63) is 30.3 Å². The maximum atomic E-state index is 10.2. The summed E-state index contributed by atoms with van der Waals surface area (Å²) in [4.78, 5) is 7.58. The van der Waals surface area contributed by atoms with Crippen molar-refractivity contribution < 1.29 is 5.11 Å². The van der Waals surface area contributed by atoms with Crippen LogP contribution in [0.2, 0.25) is 0 Å². The molecule has 3 atom stereocenters. The first-order chi connectivity index (χ1) is 14.6. The van der Waals surface area contributed by atoms with E-state index in [-0.39, 0.29) is 5.75 Å². The third kappa shape index (κ3) is 3.59. The summed E-state index contributed by atoms with van der Waals surface area (Å²) in [6.45, 7) is 6.31. The van der Waals surface area contributed by atoms with Crippen molar-refractivity contribution in [3.63, 3.8) is 0 Å². The number of piperazine rings is 2. The van der Waals surface area contributed by atoms with Crippen molar-refractivity contribution in [3.8, 4) is 17.0 Å². The lowest BCUT2D eigenvalue weighted by molar-refractivity contribution is 0.0970. The van der Waals surface area contributed by atoms with Crippen LogP contribution in [-0.4, -0.2) is 89.5 Å². The Balaban J connectivity index is 1.35. The highest BCUT2D eigenvalue weighted by Crippen LogP contribution is 2.36. The number of nitrogen functional groups attached to an aromatic ring is 1. The Labute approximate surface area is 177 Å². The molecule has 2 bridgehead atoms. The molecule has 3 saturated heterocycles. The summed E-state index contributed by atoms with van der Waals surface area (Å²) in [6.07, 6.45) is 2.46. The van der Waals surface area contributed by atoms with E-state index in [1.807, 2.05) is 18.2 Å². The van der Waals surface area contributed by atoms with Crippen LogP contribution in [0, 0.1) is 0 Å². The molecular weight excluding hydrogens is 378 g/mol. The van der Waals surface area contributed by atoms with Gasteiger partial charge in [0.05, 0.1) is 11.4 Å². The molecular formula is C22H31N7O. The van der Waals surface area contributed by atoms with Gasteiger partial charge >= 0.3 is 0 Å².